The quantitative estimate of drug-likeness (QED) is 0.344. The summed E-state index contributed by atoms with van der Waals surface area (Å²) in [6.07, 6.45) is 0.262. The molecular formula is C28H24FNO3. The normalized spacial score (nSPS) is 10.5. The zero-order valence-electron chi connectivity index (χ0n) is 18.5. The highest BCUT2D eigenvalue weighted by Crippen LogP contribution is 2.36. The lowest BCUT2D eigenvalue weighted by molar-refractivity contribution is -0.115. The van der Waals surface area contributed by atoms with Crippen LogP contribution in [0.25, 0.3) is 11.1 Å². The molecule has 5 heteroatoms. The Hall–Kier alpha value is -4.12. The monoisotopic (exact) mass is 441 g/mol. The number of hydrogen-bond donors (Lipinski definition) is 1. The Balaban J connectivity index is 1.62. The van der Waals surface area contributed by atoms with Crippen molar-refractivity contribution in [1.29, 1.82) is 0 Å². The number of nitrogens with one attached hydrogen (secondary N) is 1. The first-order valence-corrected chi connectivity index (χ1v) is 10.6. The summed E-state index contributed by atoms with van der Waals surface area (Å²) in [4.78, 5) is 12.6. The molecule has 0 heterocycles. The summed E-state index contributed by atoms with van der Waals surface area (Å²) < 4.78 is 25.3. The molecule has 4 rings (SSSR count). The van der Waals surface area contributed by atoms with Crippen LogP contribution >= 0.6 is 0 Å². The van der Waals surface area contributed by atoms with E-state index in [2.05, 4.69) is 5.32 Å². The molecule has 0 aromatic heterocycles. The average Bonchev–Trinajstić information content (AvgIpc) is 2.81. The van der Waals surface area contributed by atoms with E-state index in [1.54, 1.807) is 37.4 Å². The second-order valence-corrected chi connectivity index (χ2v) is 7.71. The topological polar surface area (TPSA) is 47.6 Å². The minimum absolute atomic E-state index is 0.135. The molecule has 0 fully saturated rings. The Kier molecular flexibility index (Phi) is 6.69. The van der Waals surface area contributed by atoms with Crippen LogP contribution in [0.3, 0.4) is 0 Å². The second kappa shape index (κ2) is 10.0. The number of methoxy groups -OCH3 is 1. The highest BCUT2D eigenvalue weighted by molar-refractivity contribution is 5.93. The van der Waals surface area contributed by atoms with Gasteiger partial charge in [0, 0.05) is 23.4 Å². The maximum absolute atomic E-state index is 13.9. The van der Waals surface area contributed by atoms with Gasteiger partial charge in [-0.25, -0.2) is 4.39 Å². The van der Waals surface area contributed by atoms with Crippen molar-refractivity contribution < 1.29 is 18.7 Å². The van der Waals surface area contributed by atoms with E-state index in [1.807, 2.05) is 55.5 Å². The number of halogens is 1. The van der Waals surface area contributed by atoms with Crippen LogP contribution in [0.15, 0.2) is 91.0 Å². The number of aryl methyl sites for hydroxylation is 1. The molecule has 0 atom stereocenters. The van der Waals surface area contributed by atoms with Gasteiger partial charge in [-0.15, -0.1) is 0 Å². The summed E-state index contributed by atoms with van der Waals surface area (Å²) in [6, 6.07) is 26.7. The number of benzene rings is 4. The highest BCUT2D eigenvalue weighted by Gasteiger charge is 2.12. The predicted molar refractivity (Wildman–Crippen MR) is 128 cm³/mol. The van der Waals surface area contributed by atoms with Crippen molar-refractivity contribution >= 4 is 11.6 Å². The first kappa shape index (κ1) is 22.1. The molecule has 0 aliphatic carbocycles. The summed E-state index contributed by atoms with van der Waals surface area (Å²) in [5.41, 5.74) is 4.04. The molecule has 4 aromatic carbocycles. The van der Waals surface area contributed by atoms with Gasteiger partial charge in [0.15, 0.2) is 0 Å². The van der Waals surface area contributed by atoms with Gasteiger partial charge in [0.2, 0.25) is 5.91 Å². The van der Waals surface area contributed by atoms with Crippen molar-refractivity contribution in [2.24, 2.45) is 0 Å². The van der Waals surface area contributed by atoms with E-state index in [4.69, 9.17) is 9.47 Å². The number of carbonyl (C=O) groups is 1. The summed E-state index contributed by atoms with van der Waals surface area (Å²) >= 11 is 0. The zero-order valence-corrected chi connectivity index (χ0v) is 18.5. The number of amides is 1. The lowest BCUT2D eigenvalue weighted by atomic mass is 10.0. The van der Waals surface area contributed by atoms with Crippen LogP contribution in [-0.4, -0.2) is 13.0 Å². The lowest BCUT2D eigenvalue weighted by Gasteiger charge is -2.15. The molecule has 0 unspecified atom stereocenters. The fraction of sp³-hybridized carbons (Fsp3) is 0.107. The fourth-order valence-electron chi connectivity index (χ4n) is 3.47. The smallest absolute Gasteiger partial charge is 0.228 e. The van der Waals surface area contributed by atoms with E-state index in [0.717, 1.165) is 11.1 Å². The molecule has 0 aliphatic rings. The molecule has 0 aliphatic heterocycles. The molecular weight excluding hydrogens is 417 g/mol. The Morgan fingerprint density at radius 2 is 1.64 bits per heavy atom. The van der Waals surface area contributed by atoms with Gasteiger partial charge < -0.3 is 14.8 Å². The molecule has 33 heavy (non-hydrogen) atoms. The molecule has 166 valence electrons. The van der Waals surface area contributed by atoms with Crippen LogP contribution in [0.1, 0.15) is 11.1 Å². The zero-order chi connectivity index (χ0) is 23.2. The van der Waals surface area contributed by atoms with E-state index >= 15 is 0 Å². The fourth-order valence-corrected chi connectivity index (χ4v) is 3.47. The first-order chi connectivity index (χ1) is 16.0. The van der Waals surface area contributed by atoms with Gasteiger partial charge in [0.05, 0.1) is 13.5 Å². The van der Waals surface area contributed by atoms with Gasteiger partial charge >= 0.3 is 0 Å². The maximum atomic E-state index is 13.9. The van der Waals surface area contributed by atoms with Crippen molar-refractivity contribution in [3.63, 3.8) is 0 Å². The molecule has 0 saturated heterocycles. The van der Waals surface area contributed by atoms with Crippen LogP contribution in [-0.2, 0) is 11.2 Å². The van der Waals surface area contributed by atoms with Gasteiger partial charge in [0.1, 0.15) is 23.1 Å². The van der Waals surface area contributed by atoms with Crippen molar-refractivity contribution in [2.45, 2.75) is 13.3 Å². The van der Waals surface area contributed by atoms with Crippen LogP contribution < -0.4 is 14.8 Å². The highest BCUT2D eigenvalue weighted by atomic mass is 19.1. The third-order valence-electron chi connectivity index (χ3n) is 5.16. The molecule has 0 saturated carbocycles. The molecule has 4 nitrogen and oxygen atoms in total. The van der Waals surface area contributed by atoms with E-state index in [9.17, 15) is 9.18 Å². The third-order valence-corrected chi connectivity index (χ3v) is 5.16. The molecule has 1 amide bonds. The van der Waals surface area contributed by atoms with Crippen molar-refractivity contribution in [3.8, 4) is 28.4 Å². The van der Waals surface area contributed by atoms with Crippen LogP contribution in [0.5, 0.6) is 17.2 Å². The number of rotatable bonds is 7. The number of ether oxygens (including phenoxy) is 2. The largest absolute Gasteiger partial charge is 0.497 e. The van der Waals surface area contributed by atoms with Gasteiger partial charge in [0.25, 0.3) is 0 Å². The van der Waals surface area contributed by atoms with Crippen LogP contribution in [0.2, 0.25) is 0 Å². The van der Waals surface area contributed by atoms with E-state index < -0.39 is 0 Å². The van der Waals surface area contributed by atoms with Gasteiger partial charge in [-0.1, -0.05) is 48.0 Å². The van der Waals surface area contributed by atoms with Crippen LogP contribution in [0.4, 0.5) is 10.1 Å². The molecule has 1 N–H and O–H groups in total. The van der Waals surface area contributed by atoms with Crippen molar-refractivity contribution in [1.82, 2.24) is 0 Å². The molecule has 0 spiro atoms. The van der Waals surface area contributed by atoms with E-state index in [1.165, 1.54) is 12.1 Å². The standard InChI is InChI=1S/C28H24FNO3/c1-19-9-11-20(12-10-19)15-28(31)30-23-13-14-26(21-5-3-6-22(29)16-21)27(17-23)33-25-8-4-7-24(18-25)32-2/h3-14,16-18H,15H2,1-2H3,(H,30,31). The van der Waals surface area contributed by atoms with Crippen molar-refractivity contribution in [3.05, 3.63) is 108 Å². The Morgan fingerprint density at radius 3 is 2.39 bits per heavy atom. The minimum atomic E-state index is -0.338. The van der Waals surface area contributed by atoms with Gasteiger partial charge in [-0.05, 0) is 54.4 Å². The average molecular weight is 442 g/mol. The van der Waals surface area contributed by atoms with E-state index in [0.29, 0.717) is 34.1 Å². The number of carbonyl (C=O) groups excluding carboxylic acids is 1. The minimum Gasteiger partial charge on any atom is -0.497 e. The molecule has 4 aromatic rings. The lowest BCUT2D eigenvalue weighted by Crippen LogP contribution is -2.14. The van der Waals surface area contributed by atoms with Crippen molar-refractivity contribution in [2.75, 3.05) is 12.4 Å². The summed E-state index contributed by atoms with van der Waals surface area (Å²) in [7, 11) is 1.58. The van der Waals surface area contributed by atoms with Crippen LogP contribution in [0, 0.1) is 12.7 Å². The molecule has 0 radical (unpaired) electrons. The molecule has 0 bridgehead atoms. The number of anilines is 1. The van der Waals surface area contributed by atoms with Gasteiger partial charge in [-0.2, -0.15) is 0 Å². The Labute approximate surface area is 192 Å². The Morgan fingerprint density at radius 1 is 0.879 bits per heavy atom. The summed E-state index contributed by atoms with van der Waals surface area (Å²) in [5.74, 6) is 1.24. The summed E-state index contributed by atoms with van der Waals surface area (Å²) in [5, 5.41) is 2.93. The maximum Gasteiger partial charge on any atom is 0.228 e. The number of hydrogen-bond acceptors (Lipinski definition) is 3. The van der Waals surface area contributed by atoms with E-state index in [-0.39, 0.29) is 18.1 Å². The second-order valence-electron chi connectivity index (χ2n) is 7.71. The van der Waals surface area contributed by atoms with Gasteiger partial charge in [-0.3, -0.25) is 4.79 Å². The first-order valence-electron chi connectivity index (χ1n) is 10.6. The SMILES string of the molecule is COc1cccc(Oc2cc(NC(=O)Cc3ccc(C)cc3)ccc2-c2cccc(F)c2)c1. The summed E-state index contributed by atoms with van der Waals surface area (Å²) in [6.45, 7) is 2.01. The predicted octanol–water partition coefficient (Wildman–Crippen LogP) is 6.78. The third kappa shape index (κ3) is 5.77. The Bertz CT molecular complexity index is 1270.